The largest absolute Gasteiger partial charge is 0.352 e. The summed E-state index contributed by atoms with van der Waals surface area (Å²) in [5, 5.41) is 6.99. The van der Waals surface area contributed by atoms with Crippen LogP contribution in [0.1, 0.15) is 0 Å². The van der Waals surface area contributed by atoms with E-state index in [1.165, 1.54) is 17.2 Å². The van der Waals surface area contributed by atoms with E-state index in [0.717, 1.165) is 0 Å². The topological polar surface area (TPSA) is 109 Å². The van der Waals surface area contributed by atoms with E-state index in [1.54, 1.807) is 0 Å². The van der Waals surface area contributed by atoms with Gasteiger partial charge in [0.25, 0.3) is 0 Å². The molecule has 13 heavy (non-hydrogen) atoms. The maximum atomic E-state index is 10.8. The molecule has 2 aromatic heterocycles. The molecule has 2 heterocycles. The Labute approximate surface area is 70.3 Å². The summed E-state index contributed by atoms with van der Waals surface area (Å²) in [4.78, 5) is 29.3. The quantitative estimate of drug-likeness (QED) is 0.529. The molecule has 0 saturated heterocycles. The zero-order chi connectivity index (χ0) is 9.26. The molecule has 8 nitrogen and oxygen atoms in total. The molecule has 2 rings (SSSR count). The molecule has 0 unspecified atom stereocenters. The first-order chi connectivity index (χ1) is 6.25. The van der Waals surface area contributed by atoms with Crippen LogP contribution in [0.4, 0.5) is 0 Å². The molecule has 2 aromatic rings. The molecule has 0 saturated carbocycles. The highest BCUT2D eigenvalue weighted by Gasteiger charge is 1.99. The van der Waals surface area contributed by atoms with Gasteiger partial charge in [-0.15, -0.1) is 10.2 Å². The second-order valence-electron chi connectivity index (χ2n) is 2.19. The number of aromatic nitrogens is 6. The lowest BCUT2D eigenvalue weighted by atomic mass is 10.8. The van der Waals surface area contributed by atoms with E-state index < -0.39 is 11.4 Å². The minimum atomic E-state index is -0.715. The SMILES string of the molecule is O=c1nc(-n2cnnc2)[nH]c(=O)[nH]1. The number of rotatable bonds is 1. The van der Waals surface area contributed by atoms with Gasteiger partial charge in [0.15, 0.2) is 0 Å². The summed E-state index contributed by atoms with van der Waals surface area (Å²) >= 11 is 0. The number of nitrogens with zero attached hydrogens (tertiary/aromatic N) is 4. The Kier molecular flexibility index (Phi) is 1.51. The van der Waals surface area contributed by atoms with Crippen molar-refractivity contribution in [2.75, 3.05) is 0 Å². The summed E-state index contributed by atoms with van der Waals surface area (Å²) in [5.41, 5.74) is -1.34. The van der Waals surface area contributed by atoms with Gasteiger partial charge in [0.1, 0.15) is 12.7 Å². The number of aromatic amines is 2. The van der Waals surface area contributed by atoms with Crippen molar-refractivity contribution in [2.45, 2.75) is 0 Å². The highest BCUT2D eigenvalue weighted by atomic mass is 16.2. The molecule has 2 N–H and O–H groups in total. The molecule has 0 amide bonds. The average Bonchev–Trinajstić information content (AvgIpc) is 2.53. The summed E-state index contributed by atoms with van der Waals surface area (Å²) in [5.74, 6) is 0.0822. The van der Waals surface area contributed by atoms with Gasteiger partial charge in [0.05, 0.1) is 0 Å². The Morgan fingerprint density at radius 3 is 2.46 bits per heavy atom. The molecule has 0 spiro atoms. The molecule has 66 valence electrons. The van der Waals surface area contributed by atoms with Gasteiger partial charge in [-0.25, -0.2) is 9.59 Å². The molecule has 0 aliphatic carbocycles. The molecule has 0 fully saturated rings. The van der Waals surface area contributed by atoms with E-state index in [1.807, 2.05) is 4.98 Å². The third-order valence-electron chi connectivity index (χ3n) is 1.32. The molecular formula is C5H4N6O2. The van der Waals surface area contributed by atoms with Gasteiger partial charge in [-0.05, 0) is 0 Å². The molecule has 0 radical (unpaired) electrons. The minimum Gasteiger partial charge on any atom is -0.277 e. The Morgan fingerprint density at radius 1 is 1.15 bits per heavy atom. The van der Waals surface area contributed by atoms with Gasteiger partial charge in [-0.2, -0.15) is 4.98 Å². The summed E-state index contributed by atoms with van der Waals surface area (Å²) in [7, 11) is 0. The predicted octanol–water partition coefficient (Wildman–Crippen LogP) is -1.96. The molecule has 0 aliphatic heterocycles. The Balaban J connectivity index is 2.66. The first-order valence-corrected chi connectivity index (χ1v) is 3.31. The highest BCUT2D eigenvalue weighted by Crippen LogP contribution is 1.89. The van der Waals surface area contributed by atoms with Gasteiger partial charge in [-0.3, -0.25) is 14.5 Å². The standard InChI is InChI=1S/C5H4N6O2/c12-4-8-3(9-5(13)10-4)11-1-6-7-2-11/h1-2H,(H2,8,9,10,12,13). The van der Waals surface area contributed by atoms with Crippen molar-refractivity contribution in [1.29, 1.82) is 0 Å². The summed E-state index contributed by atoms with van der Waals surface area (Å²) < 4.78 is 1.32. The predicted molar refractivity (Wildman–Crippen MR) is 40.4 cm³/mol. The number of nitrogens with one attached hydrogen (secondary N) is 2. The second-order valence-corrected chi connectivity index (χ2v) is 2.19. The van der Waals surface area contributed by atoms with E-state index in [0.29, 0.717) is 0 Å². The third-order valence-corrected chi connectivity index (χ3v) is 1.32. The lowest BCUT2D eigenvalue weighted by Gasteiger charge is -1.95. The molecule has 0 bridgehead atoms. The van der Waals surface area contributed by atoms with Gasteiger partial charge < -0.3 is 0 Å². The summed E-state index contributed by atoms with van der Waals surface area (Å²) in [6.07, 6.45) is 2.63. The first-order valence-electron chi connectivity index (χ1n) is 3.31. The lowest BCUT2D eigenvalue weighted by Crippen LogP contribution is -2.27. The molecular weight excluding hydrogens is 176 g/mol. The van der Waals surface area contributed by atoms with Crippen molar-refractivity contribution in [1.82, 2.24) is 29.7 Å². The van der Waals surface area contributed by atoms with Crippen molar-refractivity contribution in [3.63, 3.8) is 0 Å². The fraction of sp³-hybridized carbons (Fsp3) is 0. The van der Waals surface area contributed by atoms with Crippen LogP contribution in [-0.2, 0) is 0 Å². The zero-order valence-corrected chi connectivity index (χ0v) is 6.26. The Hall–Kier alpha value is -2.25. The number of H-pyrrole nitrogens is 2. The van der Waals surface area contributed by atoms with Crippen molar-refractivity contribution in [3.8, 4) is 5.95 Å². The maximum Gasteiger partial charge on any atom is 0.352 e. The smallest absolute Gasteiger partial charge is 0.277 e. The van der Waals surface area contributed by atoms with Crippen LogP contribution in [0.15, 0.2) is 22.2 Å². The molecule has 0 atom stereocenters. The monoisotopic (exact) mass is 180 g/mol. The van der Waals surface area contributed by atoms with Gasteiger partial charge in [0.2, 0.25) is 5.95 Å². The Bertz CT molecular complexity index is 480. The summed E-state index contributed by atoms with van der Waals surface area (Å²) in [6.45, 7) is 0. The normalized spacial score (nSPS) is 10.2. The minimum absolute atomic E-state index is 0.0822. The van der Waals surface area contributed by atoms with E-state index >= 15 is 0 Å². The second kappa shape index (κ2) is 2.66. The van der Waals surface area contributed by atoms with Crippen LogP contribution in [0.2, 0.25) is 0 Å². The van der Waals surface area contributed by atoms with Crippen LogP contribution in [-0.4, -0.2) is 29.7 Å². The first kappa shape index (κ1) is 7.40. The molecule has 0 aromatic carbocycles. The number of hydrogen-bond donors (Lipinski definition) is 2. The van der Waals surface area contributed by atoms with Crippen LogP contribution < -0.4 is 11.4 Å². The third kappa shape index (κ3) is 1.36. The van der Waals surface area contributed by atoms with Crippen molar-refractivity contribution in [3.05, 3.63) is 33.6 Å². The van der Waals surface area contributed by atoms with E-state index in [4.69, 9.17) is 0 Å². The van der Waals surface area contributed by atoms with Crippen molar-refractivity contribution >= 4 is 0 Å². The van der Waals surface area contributed by atoms with Crippen LogP contribution in [0.5, 0.6) is 0 Å². The fourth-order valence-electron chi connectivity index (χ4n) is 0.814. The molecule has 0 aliphatic rings. The van der Waals surface area contributed by atoms with E-state index in [9.17, 15) is 9.59 Å². The van der Waals surface area contributed by atoms with Crippen molar-refractivity contribution < 1.29 is 0 Å². The highest BCUT2D eigenvalue weighted by molar-refractivity contribution is 5.04. The van der Waals surface area contributed by atoms with Gasteiger partial charge in [-0.1, -0.05) is 0 Å². The summed E-state index contributed by atoms with van der Waals surface area (Å²) in [6, 6.07) is 0. The van der Waals surface area contributed by atoms with Gasteiger partial charge >= 0.3 is 11.4 Å². The molecule has 8 heteroatoms. The van der Waals surface area contributed by atoms with Crippen molar-refractivity contribution in [2.24, 2.45) is 0 Å². The van der Waals surface area contributed by atoms with E-state index in [-0.39, 0.29) is 5.95 Å². The van der Waals surface area contributed by atoms with Crippen LogP contribution in [0.3, 0.4) is 0 Å². The zero-order valence-electron chi connectivity index (χ0n) is 6.26. The number of hydrogen-bond acceptors (Lipinski definition) is 5. The van der Waals surface area contributed by atoms with Crippen LogP contribution in [0.25, 0.3) is 5.95 Å². The fourth-order valence-corrected chi connectivity index (χ4v) is 0.814. The maximum absolute atomic E-state index is 10.8. The Morgan fingerprint density at radius 2 is 1.85 bits per heavy atom. The lowest BCUT2D eigenvalue weighted by molar-refractivity contribution is 0.839. The van der Waals surface area contributed by atoms with Crippen LogP contribution in [0, 0.1) is 0 Å². The van der Waals surface area contributed by atoms with Crippen LogP contribution >= 0.6 is 0 Å². The average molecular weight is 180 g/mol. The van der Waals surface area contributed by atoms with Gasteiger partial charge in [0, 0.05) is 0 Å². The van der Waals surface area contributed by atoms with E-state index in [2.05, 4.69) is 20.2 Å².